The Kier molecular flexibility index (Phi) is 6.96. The van der Waals surface area contributed by atoms with Crippen molar-refractivity contribution in [2.24, 2.45) is 34.0 Å². The van der Waals surface area contributed by atoms with Crippen LogP contribution in [0.5, 0.6) is 0 Å². The Hall–Kier alpha value is -1.61. The highest BCUT2D eigenvalue weighted by molar-refractivity contribution is 5.98. The highest BCUT2D eigenvalue weighted by Gasteiger charge is 2.69. The number of carbonyl (C=O) groups is 3. The van der Waals surface area contributed by atoms with Crippen molar-refractivity contribution < 1.29 is 34.1 Å². The van der Waals surface area contributed by atoms with Gasteiger partial charge in [-0.2, -0.15) is 0 Å². The second-order valence-corrected chi connectivity index (χ2v) is 12.7. The SMILES string of the molecule is CCCNC(=O)CCC[C@]1(C(=O)CO)CC[C@H]2[C@@H]3CCC4=CC(=O)C5(C[C@]4(C)[C@H]3[C@@H](O)C[C@@]21C)OCO5. The van der Waals surface area contributed by atoms with Crippen LogP contribution in [-0.2, 0) is 23.9 Å². The number of allylic oxidation sites excluding steroid dienone is 1. The van der Waals surface area contributed by atoms with E-state index in [1.807, 2.05) is 6.92 Å². The van der Waals surface area contributed by atoms with Crippen LogP contribution in [-0.4, -0.2) is 59.5 Å². The maximum absolute atomic E-state index is 13.5. The van der Waals surface area contributed by atoms with E-state index in [0.29, 0.717) is 45.1 Å². The molecule has 0 radical (unpaired) electrons. The Morgan fingerprint density at radius 3 is 2.62 bits per heavy atom. The van der Waals surface area contributed by atoms with E-state index in [9.17, 15) is 24.6 Å². The molecule has 3 saturated carbocycles. The van der Waals surface area contributed by atoms with Gasteiger partial charge in [-0.3, -0.25) is 14.4 Å². The van der Waals surface area contributed by atoms with Crippen LogP contribution in [0.1, 0.15) is 85.0 Å². The molecule has 0 aromatic carbocycles. The number of rotatable bonds is 8. The predicted octanol–water partition coefficient (Wildman–Crippen LogP) is 3.04. The molecule has 1 aliphatic heterocycles. The second kappa shape index (κ2) is 9.54. The summed E-state index contributed by atoms with van der Waals surface area (Å²) in [5.41, 5.74) is -0.539. The van der Waals surface area contributed by atoms with E-state index in [1.165, 1.54) is 0 Å². The number of carbonyl (C=O) groups excluding carboxylic acids is 3. The van der Waals surface area contributed by atoms with E-state index < -0.39 is 34.7 Å². The summed E-state index contributed by atoms with van der Waals surface area (Å²) in [5, 5.41) is 24.8. The van der Waals surface area contributed by atoms with E-state index in [1.54, 1.807) is 6.08 Å². The summed E-state index contributed by atoms with van der Waals surface area (Å²) in [4.78, 5) is 38.5. The molecule has 3 N–H and O–H groups in total. The van der Waals surface area contributed by atoms with Crippen LogP contribution in [0.25, 0.3) is 0 Å². The van der Waals surface area contributed by atoms with Gasteiger partial charge < -0.3 is 25.0 Å². The van der Waals surface area contributed by atoms with Crippen molar-refractivity contribution in [2.45, 2.75) is 96.9 Å². The van der Waals surface area contributed by atoms with Gasteiger partial charge in [0.2, 0.25) is 17.5 Å². The number of fused-ring (bicyclic) bond motifs is 5. The molecule has 0 unspecified atom stereocenters. The lowest BCUT2D eigenvalue weighted by molar-refractivity contribution is -0.384. The molecule has 1 amide bonds. The minimum atomic E-state index is -1.22. The van der Waals surface area contributed by atoms with E-state index in [-0.39, 0.29) is 42.0 Å². The monoisotopic (exact) mass is 517 g/mol. The zero-order chi connectivity index (χ0) is 26.6. The second-order valence-electron chi connectivity index (χ2n) is 12.7. The first-order valence-electron chi connectivity index (χ1n) is 14.2. The molecule has 4 aliphatic carbocycles. The first-order chi connectivity index (χ1) is 17.6. The number of hydrogen-bond donors (Lipinski definition) is 3. The zero-order valence-electron chi connectivity index (χ0n) is 22.5. The molecule has 0 aromatic rings. The van der Waals surface area contributed by atoms with Crippen LogP contribution < -0.4 is 5.32 Å². The number of aliphatic hydroxyl groups excluding tert-OH is 2. The van der Waals surface area contributed by atoms with Gasteiger partial charge in [0.15, 0.2) is 12.6 Å². The van der Waals surface area contributed by atoms with Crippen LogP contribution in [0.2, 0.25) is 0 Å². The molecule has 0 bridgehead atoms. The maximum atomic E-state index is 13.5. The third kappa shape index (κ3) is 3.88. The highest BCUT2D eigenvalue weighted by Crippen LogP contribution is 2.71. The van der Waals surface area contributed by atoms with Crippen LogP contribution in [0.4, 0.5) is 0 Å². The van der Waals surface area contributed by atoms with Crippen molar-refractivity contribution in [3.8, 4) is 0 Å². The molecule has 0 aromatic heterocycles. The van der Waals surface area contributed by atoms with Gasteiger partial charge in [0.1, 0.15) is 6.61 Å². The summed E-state index contributed by atoms with van der Waals surface area (Å²) in [6, 6.07) is 0. The highest BCUT2D eigenvalue weighted by atomic mass is 16.9. The molecule has 206 valence electrons. The van der Waals surface area contributed by atoms with Gasteiger partial charge in [-0.1, -0.05) is 26.3 Å². The number of Topliss-reactive ketones (excluding diaryl/α,β-unsaturated/α-hetero) is 1. The molecule has 7 atom stereocenters. The fraction of sp³-hybridized carbons (Fsp3) is 0.828. The topological polar surface area (TPSA) is 122 Å². The van der Waals surface area contributed by atoms with Gasteiger partial charge in [0, 0.05) is 24.8 Å². The normalized spacial score (nSPS) is 41.8. The third-order valence-electron chi connectivity index (χ3n) is 11.2. The van der Waals surface area contributed by atoms with Crippen molar-refractivity contribution in [2.75, 3.05) is 19.9 Å². The van der Waals surface area contributed by atoms with Crippen molar-refractivity contribution in [1.29, 1.82) is 0 Å². The lowest BCUT2D eigenvalue weighted by Crippen LogP contribution is -2.64. The van der Waals surface area contributed by atoms with Crippen LogP contribution in [0, 0.1) is 34.0 Å². The van der Waals surface area contributed by atoms with E-state index in [4.69, 9.17) is 9.47 Å². The number of ether oxygens (including phenoxy) is 2. The Labute approximate surface area is 219 Å². The molecule has 37 heavy (non-hydrogen) atoms. The number of nitrogens with one attached hydrogen (secondary N) is 1. The molecular formula is C29H43NO7. The number of ketones is 2. The summed E-state index contributed by atoms with van der Waals surface area (Å²) < 4.78 is 11.3. The fourth-order valence-electron chi connectivity index (χ4n) is 9.41. The lowest BCUT2D eigenvalue weighted by atomic mass is 9.43. The Balaban J connectivity index is 1.42. The number of aliphatic hydroxyl groups is 2. The average molecular weight is 518 g/mol. The Morgan fingerprint density at radius 2 is 1.97 bits per heavy atom. The molecule has 1 spiro atoms. The van der Waals surface area contributed by atoms with Gasteiger partial charge >= 0.3 is 0 Å². The Bertz CT molecular complexity index is 989. The molecule has 5 aliphatic rings. The summed E-state index contributed by atoms with van der Waals surface area (Å²) in [6.07, 6.45) is 7.50. The average Bonchev–Trinajstić information content (AvgIpc) is 3.13. The Morgan fingerprint density at radius 1 is 1.22 bits per heavy atom. The molecule has 5 rings (SSSR count). The van der Waals surface area contributed by atoms with E-state index in [0.717, 1.165) is 31.3 Å². The van der Waals surface area contributed by atoms with Gasteiger partial charge in [-0.05, 0) is 86.0 Å². The number of hydrogen-bond acceptors (Lipinski definition) is 7. The molecule has 8 heteroatoms. The van der Waals surface area contributed by atoms with E-state index in [2.05, 4.69) is 19.2 Å². The smallest absolute Gasteiger partial charge is 0.237 e. The molecule has 8 nitrogen and oxygen atoms in total. The van der Waals surface area contributed by atoms with Gasteiger partial charge in [0.25, 0.3) is 0 Å². The van der Waals surface area contributed by atoms with Crippen molar-refractivity contribution in [3.05, 3.63) is 11.6 Å². The van der Waals surface area contributed by atoms with Crippen LogP contribution in [0.3, 0.4) is 0 Å². The minimum Gasteiger partial charge on any atom is -0.393 e. The molecule has 4 fully saturated rings. The van der Waals surface area contributed by atoms with Crippen molar-refractivity contribution in [1.82, 2.24) is 5.32 Å². The van der Waals surface area contributed by atoms with Crippen molar-refractivity contribution in [3.63, 3.8) is 0 Å². The zero-order valence-corrected chi connectivity index (χ0v) is 22.5. The number of amides is 1. The van der Waals surface area contributed by atoms with E-state index >= 15 is 0 Å². The quantitative estimate of drug-likeness (QED) is 0.452. The summed E-state index contributed by atoms with van der Waals surface area (Å²) in [5.74, 6) is -1.14. The first-order valence-corrected chi connectivity index (χ1v) is 14.2. The predicted molar refractivity (Wildman–Crippen MR) is 135 cm³/mol. The summed E-state index contributed by atoms with van der Waals surface area (Å²) >= 11 is 0. The molecule has 1 heterocycles. The molecule has 1 saturated heterocycles. The standard InChI is InChI=1S/C29H43NO7/c1-4-12-30-24(35)6-5-10-28(23(34)15-31)11-9-20-19-8-7-18-13-22(33)29(36-17-37-29)16-26(18,2)25(19)21(32)14-27(20,28)3/h13,19-21,25,31-32H,4-12,14-17H2,1-3H3,(H,30,35)/t19-,20-,21-,25+,26-,27-,28+/m0/s1. The summed E-state index contributed by atoms with van der Waals surface area (Å²) in [7, 11) is 0. The molecular weight excluding hydrogens is 474 g/mol. The maximum Gasteiger partial charge on any atom is 0.237 e. The first kappa shape index (κ1) is 27.0. The fourth-order valence-corrected chi connectivity index (χ4v) is 9.41. The minimum absolute atomic E-state index is 0.00220. The van der Waals surface area contributed by atoms with Gasteiger partial charge in [-0.15, -0.1) is 0 Å². The van der Waals surface area contributed by atoms with Gasteiger partial charge in [-0.25, -0.2) is 0 Å². The van der Waals surface area contributed by atoms with Crippen LogP contribution in [0.15, 0.2) is 11.6 Å². The van der Waals surface area contributed by atoms with Crippen molar-refractivity contribution >= 4 is 17.5 Å². The lowest BCUT2D eigenvalue weighted by Gasteiger charge is -2.63. The largest absolute Gasteiger partial charge is 0.393 e. The van der Waals surface area contributed by atoms with Crippen LogP contribution >= 0.6 is 0 Å². The van der Waals surface area contributed by atoms with Gasteiger partial charge in [0.05, 0.1) is 6.10 Å². The third-order valence-corrected chi connectivity index (χ3v) is 11.2. The summed E-state index contributed by atoms with van der Waals surface area (Å²) in [6.45, 7) is 6.55.